The number of aromatic carboxylic acids is 1. The van der Waals surface area contributed by atoms with E-state index < -0.39 is 5.97 Å². The lowest BCUT2D eigenvalue weighted by Gasteiger charge is -2.21. The number of carbonyl (C=O) groups is 1. The summed E-state index contributed by atoms with van der Waals surface area (Å²) in [4.78, 5) is 15.6. The predicted octanol–water partition coefficient (Wildman–Crippen LogP) is 1.46. The molecular formula is C13H17N3O3. The molecule has 3 N–H and O–H groups in total. The van der Waals surface area contributed by atoms with Crippen molar-refractivity contribution in [3.63, 3.8) is 0 Å². The molecule has 102 valence electrons. The molecule has 0 amide bonds. The molecule has 0 radical (unpaired) electrons. The van der Waals surface area contributed by atoms with Gasteiger partial charge < -0.3 is 15.5 Å². The Morgan fingerprint density at radius 2 is 2.21 bits per heavy atom. The lowest BCUT2D eigenvalue weighted by Crippen LogP contribution is -2.27. The topological polar surface area (TPSA) is 86.9 Å². The van der Waals surface area contributed by atoms with Gasteiger partial charge >= 0.3 is 5.97 Å². The molecule has 0 saturated heterocycles. The summed E-state index contributed by atoms with van der Waals surface area (Å²) in [6, 6.07) is 5.30. The van der Waals surface area contributed by atoms with Crippen LogP contribution in [0.4, 0.5) is 5.82 Å². The van der Waals surface area contributed by atoms with Gasteiger partial charge in [0.15, 0.2) is 11.5 Å². The van der Waals surface area contributed by atoms with Gasteiger partial charge in [0.25, 0.3) is 0 Å². The van der Waals surface area contributed by atoms with Gasteiger partial charge in [0.05, 0.1) is 0 Å². The average molecular weight is 263 g/mol. The van der Waals surface area contributed by atoms with Crippen LogP contribution in [-0.4, -0.2) is 38.7 Å². The molecule has 6 nitrogen and oxygen atoms in total. The van der Waals surface area contributed by atoms with Crippen molar-refractivity contribution < 1.29 is 15.0 Å². The van der Waals surface area contributed by atoms with E-state index in [1.807, 2.05) is 13.8 Å². The van der Waals surface area contributed by atoms with Crippen molar-refractivity contribution >= 4 is 17.4 Å². The first-order chi connectivity index (χ1) is 8.94. The standard InChI is InChI=1S/C13H17N3O3/c1-13(2,8-17)7-14-11-10(12(18)19)16-6-4-3-5-9(16)15-11/h3-6,14,17H,7-8H2,1-2H3,(H,18,19). The molecule has 6 heteroatoms. The van der Waals surface area contributed by atoms with Crippen LogP contribution in [0.3, 0.4) is 0 Å². The van der Waals surface area contributed by atoms with Crippen LogP contribution in [0.25, 0.3) is 5.65 Å². The minimum atomic E-state index is -1.04. The van der Waals surface area contributed by atoms with E-state index in [1.54, 1.807) is 24.4 Å². The minimum absolute atomic E-state index is 0.00970. The van der Waals surface area contributed by atoms with Gasteiger partial charge in [-0.05, 0) is 12.1 Å². The summed E-state index contributed by atoms with van der Waals surface area (Å²) >= 11 is 0. The molecule has 2 heterocycles. The molecule has 0 bridgehead atoms. The highest BCUT2D eigenvalue weighted by Gasteiger charge is 2.21. The summed E-state index contributed by atoms with van der Waals surface area (Å²) in [6.45, 7) is 4.22. The highest BCUT2D eigenvalue weighted by atomic mass is 16.4. The molecule has 0 atom stereocenters. The van der Waals surface area contributed by atoms with Gasteiger partial charge in [-0.3, -0.25) is 4.40 Å². The Hall–Kier alpha value is -2.08. The number of pyridine rings is 1. The van der Waals surface area contributed by atoms with Crippen LogP contribution in [0, 0.1) is 5.41 Å². The molecule has 2 rings (SSSR count). The minimum Gasteiger partial charge on any atom is -0.476 e. The van der Waals surface area contributed by atoms with Crippen molar-refractivity contribution in [3.8, 4) is 0 Å². The Balaban J connectivity index is 2.37. The number of hydrogen-bond donors (Lipinski definition) is 3. The van der Waals surface area contributed by atoms with E-state index in [0.29, 0.717) is 18.0 Å². The van der Waals surface area contributed by atoms with Gasteiger partial charge in [0, 0.05) is 24.8 Å². The number of carboxylic acids is 1. The van der Waals surface area contributed by atoms with Crippen molar-refractivity contribution in [3.05, 3.63) is 30.1 Å². The molecule has 19 heavy (non-hydrogen) atoms. The second-order valence-electron chi connectivity index (χ2n) is 5.22. The summed E-state index contributed by atoms with van der Waals surface area (Å²) < 4.78 is 1.52. The molecule has 0 aliphatic carbocycles. The van der Waals surface area contributed by atoms with Crippen LogP contribution >= 0.6 is 0 Å². The van der Waals surface area contributed by atoms with Crippen LogP contribution in [-0.2, 0) is 0 Å². The fourth-order valence-electron chi connectivity index (χ4n) is 1.70. The highest BCUT2D eigenvalue weighted by Crippen LogP contribution is 2.20. The predicted molar refractivity (Wildman–Crippen MR) is 71.5 cm³/mol. The Labute approximate surface area is 110 Å². The van der Waals surface area contributed by atoms with E-state index >= 15 is 0 Å². The number of nitrogens with one attached hydrogen (secondary N) is 1. The van der Waals surface area contributed by atoms with Crippen LogP contribution in [0.1, 0.15) is 24.3 Å². The number of aromatic nitrogens is 2. The van der Waals surface area contributed by atoms with Crippen molar-refractivity contribution in [1.82, 2.24) is 9.38 Å². The van der Waals surface area contributed by atoms with Crippen LogP contribution in [0.15, 0.2) is 24.4 Å². The Morgan fingerprint density at radius 3 is 2.84 bits per heavy atom. The molecular weight excluding hydrogens is 246 g/mol. The smallest absolute Gasteiger partial charge is 0.356 e. The van der Waals surface area contributed by atoms with Gasteiger partial charge in [-0.2, -0.15) is 0 Å². The third kappa shape index (κ3) is 2.68. The van der Waals surface area contributed by atoms with Crippen LogP contribution < -0.4 is 5.32 Å². The summed E-state index contributed by atoms with van der Waals surface area (Å²) in [5.74, 6) is -0.719. The first kappa shape index (κ1) is 13.4. The first-order valence-electron chi connectivity index (χ1n) is 6.00. The quantitative estimate of drug-likeness (QED) is 0.760. The lowest BCUT2D eigenvalue weighted by atomic mass is 9.95. The number of imidazole rings is 1. The van der Waals surface area contributed by atoms with Gasteiger partial charge in [-0.15, -0.1) is 0 Å². The second-order valence-corrected chi connectivity index (χ2v) is 5.22. The number of aliphatic hydroxyl groups excluding tert-OH is 1. The molecule has 0 spiro atoms. The van der Waals surface area contributed by atoms with Gasteiger partial charge in [0.1, 0.15) is 5.65 Å². The number of carboxylic acid groups (broad SMARTS) is 1. The summed E-state index contributed by atoms with van der Waals surface area (Å²) in [7, 11) is 0. The SMILES string of the molecule is CC(C)(CO)CNc1nc2ccccn2c1C(=O)O. The third-order valence-corrected chi connectivity index (χ3v) is 2.89. The maximum atomic E-state index is 11.3. The molecule has 2 aromatic heterocycles. The molecule has 0 aliphatic rings. The molecule has 2 aromatic rings. The monoisotopic (exact) mass is 263 g/mol. The fourth-order valence-corrected chi connectivity index (χ4v) is 1.70. The van der Waals surface area contributed by atoms with E-state index in [0.717, 1.165) is 0 Å². The molecule has 0 saturated carbocycles. The average Bonchev–Trinajstić information content (AvgIpc) is 2.75. The van der Waals surface area contributed by atoms with Crippen molar-refractivity contribution in [2.75, 3.05) is 18.5 Å². The van der Waals surface area contributed by atoms with Crippen molar-refractivity contribution in [2.45, 2.75) is 13.8 Å². The van der Waals surface area contributed by atoms with Crippen LogP contribution in [0.2, 0.25) is 0 Å². The van der Waals surface area contributed by atoms with E-state index in [4.69, 9.17) is 0 Å². The number of rotatable bonds is 5. The second kappa shape index (κ2) is 4.89. The maximum Gasteiger partial charge on any atom is 0.356 e. The van der Waals surface area contributed by atoms with Crippen LogP contribution in [0.5, 0.6) is 0 Å². The summed E-state index contributed by atoms with van der Waals surface area (Å²) in [5.41, 5.74) is 0.333. The maximum absolute atomic E-state index is 11.3. The van der Waals surface area contributed by atoms with E-state index in [9.17, 15) is 15.0 Å². The Morgan fingerprint density at radius 1 is 1.47 bits per heavy atom. The number of hydrogen-bond acceptors (Lipinski definition) is 4. The number of anilines is 1. The number of nitrogens with zero attached hydrogens (tertiary/aromatic N) is 2. The Kier molecular flexibility index (Phi) is 3.44. The van der Waals surface area contributed by atoms with E-state index in [-0.39, 0.29) is 17.7 Å². The molecule has 0 aromatic carbocycles. The van der Waals surface area contributed by atoms with Crippen molar-refractivity contribution in [1.29, 1.82) is 0 Å². The van der Waals surface area contributed by atoms with Gasteiger partial charge in [-0.1, -0.05) is 19.9 Å². The molecule has 0 aliphatic heterocycles. The zero-order valence-electron chi connectivity index (χ0n) is 10.9. The van der Waals surface area contributed by atoms with Crippen molar-refractivity contribution in [2.24, 2.45) is 5.41 Å². The lowest BCUT2D eigenvalue weighted by molar-refractivity contribution is 0.0690. The van der Waals surface area contributed by atoms with Gasteiger partial charge in [0.2, 0.25) is 0 Å². The van der Waals surface area contributed by atoms with E-state index in [2.05, 4.69) is 10.3 Å². The molecule has 0 unspecified atom stereocenters. The summed E-state index contributed by atoms with van der Waals surface area (Å²) in [5, 5.41) is 21.5. The zero-order valence-corrected chi connectivity index (χ0v) is 10.9. The molecule has 0 fully saturated rings. The Bertz CT molecular complexity index is 604. The number of aliphatic hydroxyl groups is 1. The number of fused-ring (bicyclic) bond motifs is 1. The summed E-state index contributed by atoms with van der Waals surface area (Å²) in [6.07, 6.45) is 1.66. The third-order valence-electron chi connectivity index (χ3n) is 2.89. The largest absolute Gasteiger partial charge is 0.476 e. The fraction of sp³-hybridized carbons (Fsp3) is 0.385. The highest BCUT2D eigenvalue weighted by molar-refractivity contribution is 5.92. The van der Waals surface area contributed by atoms with E-state index in [1.165, 1.54) is 4.40 Å². The first-order valence-corrected chi connectivity index (χ1v) is 6.00. The zero-order chi connectivity index (χ0) is 14.0. The normalized spacial score (nSPS) is 11.7. The van der Waals surface area contributed by atoms with Gasteiger partial charge in [-0.25, -0.2) is 9.78 Å².